The van der Waals surface area contributed by atoms with Crippen LogP contribution >= 0.6 is 11.6 Å². The minimum Gasteiger partial charge on any atom is -0.395 e. The van der Waals surface area contributed by atoms with Crippen LogP contribution in [0.2, 0.25) is 5.02 Å². The maximum absolute atomic E-state index is 14.1. The SMILES string of the molecule is Cc1ccc(F)cc1-c1nc(Nc2ccc(C(=O)Nc3ccccc3Cl)cn2)nc(N2CCN(CCO)CC2)n1. The van der Waals surface area contributed by atoms with Crippen molar-refractivity contribution in [1.29, 1.82) is 0 Å². The second-order valence-corrected chi connectivity index (χ2v) is 9.69. The van der Waals surface area contributed by atoms with E-state index < -0.39 is 0 Å². The molecule has 0 bridgehead atoms. The maximum Gasteiger partial charge on any atom is 0.257 e. The number of rotatable bonds is 8. The highest BCUT2D eigenvalue weighted by Gasteiger charge is 2.21. The zero-order chi connectivity index (χ0) is 28.1. The lowest BCUT2D eigenvalue weighted by Crippen LogP contribution is -2.47. The Morgan fingerprint density at radius 3 is 2.58 bits per heavy atom. The first-order valence-electron chi connectivity index (χ1n) is 12.8. The zero-order valence-corrected chi connectivity index (χ0v) is 22.6. The normalized spacial score (nSPS) is 13.8. The summed E-state index contributed by atoms with van der Waals surface area (Å²) in [5, 5.41) is 15.5. The van der Waals surface area contributed by atoms with E-state index in [0.29, 0.717) is 59.1 Å². The lowest BCUT2D eigenvalue weighted by atomic mass is 10.1. The fourth-order valence-corrected chi connectivity index (χ4v) is 4.49. The van der Waals surface area contributed by atoms with Gasteiger partial charge < -0.3 is 20.6 Å². The van der Waals surface area contributed by atoms with Gasteiger partial charge in [0, 0.05) is 44.5 Å². The Bertz CT molecular complexity index is 1500. The number of piperazine rings is 1. The predicted octanol–water partition coefficient (Wildman–Crippen LogP) is 4.14. The molecule has 0 aliphatic carbocycles. The number of benzene rings is 2. The van der Waals surface area contributed by atoms with E-state index in [1.807, 2.05) is 11.8 Å². The summed E-state index contributed by atoms with van der Waals surface area (Å²) < 4.78 is 14.1. The third-order valence-electron chi connectivity index (χ3n) is 6.52. The topological polar surface area (TPSA) is 119 Å². The number of hydrogen-bond donors (Lipinski definition) is 3. The molecular formula is C28H28ClFN8O2. The van der Waals surface area contributed by atoms with Crippen LogP contribution in [0.3, 0.4) is 0 Å². The van der Waals surface area contributed by atoms with Crippen LogP contribution in [0.25, 0.3) is 11.4 Å². The number of β-amino-alcohol motifs (C(OH)–C–C–N with tert-alkyl or cyclic N) is 1. The quantitative estimate of drug-likeness (QED) is 0.291. The predicted molar refractivity (Wildman–Crippen MR) is 153 cm³/mol. The number of nitrogens with one attached hydrogen (secondary N) is 2. The second kappa shape index (κ2) is 12.3. The molecule has 3 N–H and O–H groups in total. The van der Waals surface area contributed by atoms with Gasteiger partial charge in [0.1, 0.15) is 11.6 Å². The van der Waals surface area contributed by atoms with Gasteiger partial charge in [-0.15, -0.1) is 0 Å². The van der Waals surface area contributed by atoms with Gasteiger partial charge in [-0.1, -0.05) is 29.8 Å². The number of hydrogen-bond acceptors (Lipinski definition) is 9. The molecule has 1 aliphatic rings. The van der Waals surface area contributed by atoms with Crippen molar-refractivity contribution >= 4 is 40.9 Å². The lowest BCUT2D eigenvalue weighted by molar-refractivity contribution is 0.102. The monoisotopic (exact) mass is 562 g/mol. The van der Waals surface area contributed by atoms with Crippen LogP contribution in [-0.4, -0.2) is 75.2 Å². The molecule has 10 nitrogen and oxygen atoms in total. The summed E-state index contributed by atoms with van der Waals surface area (Å²) in [7, 11) is 0. The largest absolute Gasteiger partial charge is 0.395 e. The molecule has 2 aromatic carbocycles. The van der Waals surface area contributed by atoms with Crippen molar-refractivity contribution in [3.05, 3.63) is 82.8 Å². The first-order valence-corrected chi connectivity index (χ1v) is 13.2. The van der Waals surface area contributed by atoms with E-state index in [2.05, 4.69) is 35.5 Å². The van der Waals surface area contributed by atoms with E-state index in [-0.39, 0.29) is 24.3 Å². The number of halogens is 2. The van der Waals surface area contributed by atoms with E-state index in [1.54, 1.807) is 42.5 Å². The number of aryl methyl sites for hydroxylation is 1. The molecule has 1 aliphatic heterocycles. The van der Waals surface area contributed by atoms with Gasteiger partial charge in [-0.05, 0) is 48.9 Å². The highest BCUT2D eigenvalue weighted by molar-refractivity contribution is 6.33. The Morgan fingerprint density at radius 2 is 1.85 bits per heavy atom. The van der Waals surface area contributed by atoms with Gasteiger partial charge in [0.05, 0.1) is 22.9 Å². The highest BCUT2D eigenvalue weighted by atomic mass is 35.5. The standard InChI is InChI=1S/C28H28ClFN8O2/c1-18-6-8-20(30)16-21(18)25-34-27(36-28(35-25)38-12-10-37(11-13-38)14-15-39)33-24-9-7-19(17-31-24)26(40)32-23-5-3-2-4-22(23)29/h2-9,16-17,39H,10-15H2,1H3,(H,32,40)(H,31,33,34,35,36). The van der Waals surface area contributed by atoms with Crippen LogP contribution in [-0.2, 0) is 0 Å². The fraction of sp³-hybridized carbons (Fsp3) is 0.250. The first kappa shape index (κ1) is 27.4. The van der Waals surface area contributed by atoms with Gasteiger partial charge >= 0.3 is 0 Å². The Morgan fingerprint density at radius 1 is 1.05 bits per heavy atom. The minimum atomic E-state index is -0.387. The van der Waals surface area contributed by atoms with Crippen LogP contribution in [0.1, 0.15) is 15.9 Å². The van der Waals surface area contributed by atoms with Crippen molar-refractivity contribution in [2.45, 2.75) is 6.92 Å². The molecule has 1 amide bonds. The van der Waals surface area contributed by atoms with Gasteiger partial charge in [0.25, 0.3) is 5.91 Å². The van der Waals surface area contributed by atoms with Gasteiger partial charge in [-0.3, -0.25) is 9.69 Å². The molecule has 12 heteroatoms. The van der Waals surface area contributed by atoms with Crippen LogP contribution in [0, 0.1) is 12.7 Å². The van der Waals surface area contributed by atoms with Crippen LogP contribution < -0.4 is 15.5 Å². The van der Waals surface area contributed by atoms with Crippen LogP contribution in [0.5, 0.6) is 0 Å². The third kappa shape index (κ3) is 6.50. The van der Waals surface area contributed by atoms with Crippen molar-refractivity contribution in [3.63, 3.8) is 0 Å². The Hall–Kier alpha value is -4.19. The van der Waals surface area contributed by atoms with Gasteiger partial charge in [0.15, 0.2) is 5.82 Å². The Balaban J connectivity index is 1.39. The summed E-state index contributed by atoms with van der Waals surface area (Å²) in [5.41, 5.74) is 2.24. The number of carbonyl (C=O) groups excluding carboxylic acids is 1. The van der Waals surface area contributed by atoms with Crippen molar-refractivity contribution in [2.24, 2.45) is 0 Å². The summed E-state index contributed by atoms with van der Waals surface area (Å²) in [6.07, 6.45) is 1.44. The smallest absolute Gasteiger partial charge is 0.257 e. The molecule has 2 aromatic heterocycles. The van der Waals surface area contributed by atoms with E-state index in [0.717, 1.165) is 18.7 Å². The molecule has 206 valence electrons. The molecule has 1 saturated heterocycles. The van der Waals surface area contributed by atoms with Gasteiger partial charge in [-0.2, -0.15) is 15.0 Å². The summed E-state index contributed by atoms with van der Waals surface area (Å²) in [4.78, 5) is 35.1. The van der Waals surface area contributed by atoms with Crippen LogP contribution in [0.15, 0.2) is 60.8 Å². The second-order valence-electron chi connectivity index (χ2n) is 9.29. The van der Waals surface area contributed by atoms with Crippen LogP contribution in [0.4, 0.5) is 27.8 Å². The number of para-hydroxylation sites is 1. The number of pyridine rings is 1. The number of aliphatic hydroxyl groups excluding tert-OH is 1. The van der Waals surface area contributed by atoms with Crippen molar-refractivity contribution in [1.82, 2.24) is 24.8 Å². The number of anilines is 4. The molecule has 5 rings (SSSR count). The van der Waals surface area contributed by atoms with Crippen molar-refractivity contribution in [3.8, 4) is 11.4 Å². The summed E-state index contributed by atoms with van der Waals surface area (Å²) >= 11 is 6.14. The van der Waals surface area contributed by atoms with Crippen molar-refractivity contribution in [2.75, 3.05) is 54.9 Å². The number of nitrogens with zero attached hydrogens (tertiary/aromatic N) is 6. The van der Waals surface area contributed by atoms with Gasteiger partial charge in [-0.25, -0.2) is 9.37 Å². The highest BCUT2D eigenvalue weighted by Crippen LogP contribution is 2.26. The molecule has 0 radical (unpaired) electrons. The summed E-state index contributed by atoms with van der Waals surface area (Å²) in [5.74, 6) is 0.706. The van der Waals surface area contributed by atoms with E-state index in [4.69, 9.17) is 11.6 Å². The average Bonchev–Trinajstić information content (AvgIpc) is 2.96. The molecule has 0 unspecified atom stereocenters. The van der Waals surface area contributed by atoms with Gasteiger partial charge in [0.2, 0.25) is 11.9 Å². The van der Waals surface area contributed by atoms with Crippen molar-refractivity contribution < 1.29 is 14.3 Å². The lowest BCUT2D eigenvalue weighted by Gasteiger charge is -2.34. The number of carbonyl (C=O) groups is 1. The molecule has 0 atom stereocenters. The summed E-state index contributed by atoms with van der Waals surface area (Å²) in [6.45, 7) is 5.43. The average molecular weight is 563 g/mol. The molecule has 4 aromatic rings. The molecule has 1 fully saturated rings. The molecule has 3 heterocycles. The fourth-order valence-electron chi connectivity index (χ4n) is 4.30. The summed E-state index contributed by atoms with van der Waals surface area (Å²) in [6, 6.07) is 14.7. The Kier molecular flexibility index (Phi) is 8.44. The zero-order valence-electron chi connectivity index (χ0n) is 21.8. The Labute approximate surface area is 235 Å². The minimum absolute atomic E-state index is 0.107. The molecule has 0 saturated carbocycles. The molecule has 0 spiro atoms. The number of amides is 1. The molecular weight excluding hydrogens is 535 g/mol. The first-order chi connectivity index (χ1) is 19.4. The molecule has 40 heavy (non-hydrogen) atoms. The number of aromatic nitrogens is 4. The van der Waals surface area contributed by atoms with E-state index in [1.165, 1.54) is 18.3 Å². The van der Waals surface area contributed by atoms with E-state index >= 15 is 0 Å². The van der Waals surface area contributed by atoms with E-state index in [9.17, 15) is 14.3 Å². The maximum atomic E-state index is 14.1. The number of aliphatic hydroxyl groups is 1. The third-order valence-corrected chi connectivity index (χ3v) is 6.85.